The van der Waals surface area contributed by atoms with Crippen LogP contribution in [0.5, 0.6) is 0 Å². The van der Waals surface area contributed by atoms with Crippen molar-refractivity contribution >= 4 is 16.8 Å². The molecule has 2 N–H and O–H groups in total. The number of likely N-dealkylation sites (N-methyl/N-ethyl adjacent to an activating group) is 1. The molecular formula is C20H28N4O. The maximum atomic E-state index is 12.5. The molecule has 0 bridgehead atoms. The van der Waals surface area contributed by atoms with E-state index in [2.05, 4.69) is 59.2 Å². The second-order valence-electron chi connectivity index (χ2n) is 7.71. The molecule has 25 heavy (non-hydrogen) atoms. The van der Waals surface area contributed by atoms with Crippen molar-refractivity contribution in [3.05, 3.63) is 35.0 Å². The fraction of sp³-hybridized carbons (Fsp3) is 0.550. The van der Waals surface area contributed by atoms with Crippen molar-refractivity contribution in [2.24, 2.45) is 0 Å². The van der Waals surface area contributed by atoms with E-state index in [-0.39, 0.29) is 11.4 Å². The number of aromatic nitrogens is 1. The number of rotatable bonds is 2. The van der Waals surface area contributed by atoms with Crippen LogP contribution in [-0.4, -0.2) is 59.5 Å². The number of piperazine rings is 1. The average Bonchev–Trinajstić information content (AvgIpc) is 2.92. The van der Waals surface area contributed by atoms with Gasteiger partial charge in [0.15, 0.2) is 0 Å². The van der Waals surface area contributed by atoms with E-state index in [1.165, 1.54) is 27.7 Å². The molecule has 1 aromatic carbocycles. The van der Waals surface area contributed by atoms with Crippen molar-refractivity contribution in [1.82, 2.24) is 20.1 Å². The zero-order valence-corrected chi connectivity index (χ0v) is 15.5. The van der Waals surface area contributed by atoms with Crippen LogP contribution in [0.4, 0.5) is 0 Å². The molecular weight excluding hydrogens is 312 g/mol. The molecule has 2 fully saturated rings. The molecule has 1 aromatic heterocycles. The van der Waals surface area contributed by atoms with Crippen molar-refractivity contribution in [2.45, 2.75) is 38.8 Å². The van der Waals surface area contributed by atoms with Gasteiger partial charge in [-0.05, 0) is 44.9 Å². The zero-order chi connectivity index (χ0) is 17.6. The Balaban J connectivity index is 1.50. The van der Waals surface area contributed by atoms with Crippen molar-refractivity contribution in [1.29, 1.82) is 0 Å². The molecule has 0 saturated carbocycles. The largest absolute Gasteiger partial charge is 0.357 e. The number of hydrogen-bond acceptors (Lipinski definition) is 3. The summed E-state index contributed by atoms with van der Waals surface area (Å²) in [4.78, 5) is 20.9. The third-order valence-corrected chi connectivity index (χ3v) is 6.36. The van der Waals surface area contributed by atoms with Crippen LogP contribution in [0.3, 0.4) is 0 Å². The third kappa shape index (κ3) is 2.66. The minimum Gasteiger partial charge on any atom is -0.357 e. The number of hydrogen-bond donors (Lipinski definition) is 2. The van der Waals surface area contributed by atoms with E-state index >= 15 is 0 Å². The van der Waals surface area contributed by atoms with Gasteiger partial charge in [-0.15, -0.1) is 0 Å². The Kier molecular flexibility index (Phi) is 4.08. The minimum atomic E-state index is -0.291. The molecule has 5 heteroatoms. The summed E-state index contributed by atoms with van der Waals surface area (Å²) in [6.07, 6.45) is 1.82. The maximum absolute atomic E-state index is 12.5. The number of amides is 1. The van der Waals surface area contributed by atoms with E-state index in [1.807, 2.05) is 0 Å². The smallest absolute Gasteiger partial charge is 0.240 e. The molecule has 0 atom stereocenters. The predicted octanol–water partition coefficient (Wildman–Crippen LogP) is 2.18. The number of piperidine rings is 1. The van der Waals surface area contributed by atoms with Gasteiger partial charge >= 0.3 is 0 Å². The Morgan fingerprint density at radius 3 is 2.60 bits per heavy atom. The molecule has 5 nitrogen and oxygen atoms in total. The number of aryl methyl sites for hydroxylation is 2. The first-order valence-corrected chi connectivity index (χ1v) is 9.30. The number of nitrogens with one attached hydrogen (secondary N) is 2. The first-order valence-electron chi connectivity index (χ1n) is 9.30. The highest BCUT2D eigenvalue weighted by atomic mass is 16.2. The lowest BCUT2D eigenvalue weighted by molar-refractivity contribution is -0.140. The number of H-pyrrole nitrogens is 1. The molecule has 4 rings (SSSR count). The first kappa shape index (κ1) is 16.6. The standard InChI is InChI=1S/C20H28N4O/c1-14-5-4-6-16-15(2)17(22-18(14)16)13-24-10-7-20(8-11-24)19(25)21-9-12-23(20)3/h4-6,22H,7-13H2,1-3H3,(H,21,25). The zero-order valence-electron chi connectivity index (χ0n) is 15.5. The minimum absolute atomic E-state index is 0.221. The van der Waals surface area contributed by atoms with E-state index in [0.717, 1.165) is 45.6 Å². The summed E-state index contributed by atoms with van der Waals surface area (Å²) in [6.45, 7) is 8.95. The number of para-hydroxylation sites is 1. The molecule has 134 valence electrons. The van der Waals surface area contributed by atoms with E-state index < -0.39 is 0 Å². The van der Waals surface area contributed by atoms with Gasteiger partial charge in [-0.3, -0.25) is 14.6 Å². The van der Waals surface area contributed by atoms with E-state index in [0.29, 0.717) is 0 Å². The predicted molar refractivity (Wildman–Crippen MR) is 101 cm³/mol. The van der Waals surface area contributed by atoms with E-state index in [1.54, 1.807) is 0 Å². The third-order valence-electron chi connectivity index (χ3n) is 6.36. The monoisotopic (exact) mass is 340 g/mol. The summed E-state index contributed by atoms with van der Waals surface area (Å²) in [6, 6.07) is 6.48. The second-order valence-corrected chi connectivity index (χ2v) is 7.71. The van der Waals surface area contributed by atoms with Gasteiger partial charge in [0.2, 0.25) is 5.91 Å². The summed E-state index contributed by atoms with van der Waals surface area (Å²) >= 11 is 0. The van der Waals surface area contributed by atoms with Crippen LogP contribution in [0.2, 0.25) is 0 Å². The highest BCUT2D eigenvalue weighted by Crippen LogP contribution is 2.31. The lowest BCUT2D eigenvalue weighted by atomic mass is 9.83. The van der Waals surface area contributed by atoms with Crippen LogP contribution in [0.1, 0.15) is 29.7 Å². The second kappa shape index (κ2) is 6.15. The summed E-state index contributed by atoms with van der Waals surface area (Å²) < 4.78 is 0. The summed E-state index contributed by atoms with van der Waals surface area (Å²) in [5.41, 5.74) is 4.92. The van der Waals surface area contributed by atoms with Gasteiger partial charge in [0, 0.05) is 49.3 Å². The molecule has 2 saturated heterocycles. The molecule has 3 heterocycles. The normalized spacial score (nSPS) is 21.8. The Bertz CT molecular complexity index is 801. The Labute approximate surface area is 149 Å². The summed E-state index contributed by atoms with van der Waals surface area (Å²) in [7, 11) is 2.10. The van der Waals surface area contributed by atoms with Crippen LogP contribution >= 0.6 is 0 Å². The van der Waals surface area contributed by atoms with Crippen LogP contribution < -0.4 is 5.32 Å². The number of likely N-dealkylation sites (tertiary alicyclic amines) is 1. The Hall–Kier alpha value is -1.85. The van der Waals surface area contributed by atoms with Gasteiger partial charge in [-0.25, -0.2) is 0 Å². The lowest BCUT2D eigenvalue weighted by Crippen LogP contribution is -2.66. The first-order chi connectivity index (χ1) is 12.0. The van der Waals surface area contributed by atoms with Gasteiger partial charge in [0.1, 0.15) is 5.54 Å². The number of nitrogens with zero attached hydrogens (tertiary/aromatic N) is 2. The highest BCUT2D eigenvalue weighted by molar-refractivity contribution is 5.87. The highest BCUT2D eigenvalue weighted by Gasteiger charge is 2.46. The van der Waals surface area contributed by atoms with Gasteiger partial charge in [-0.2, -0.15) is 0 Å². The lowest BCUT2D eigenvalue weighted by Gasteiger charge is -2.48. The van der Waals surface area contributed by atoms with Gasteiger partial charge in [-0.1, -0.05) is 18.2 Å². The molecule has 2 aromatic rings. The van der Waals surface area contributed by atoms with Crippen LogP contribution in [0.25, 0.3) is 10.9 Å². The topological polar surface area (TPSA) is 51.4 Å². The van der Waals surface area contributed by atoms with Crippen LogP contribution in [0, 0.1) is 13.8 Å². The molecule has 0 radical (unpaired) electrons. The fourth-order valence-corrected chi connectivity index (χ4v) is 4.51. The maximum Gasteiger partial charge on any atom is 0.240 e. The Morgan fingerprint density at radius 2 is 1.92 bits per heavy atom. The van der Waals surface area contributed by atoms with Crippen LogP contribution in [0.15, 0.2) is 18.2 Å². The van der Waals surface area contributed by atoms with Crippen molar-refractivity contribution < 1.29 is 4.79 Å². The fourth-order valence-electron chi connectivity index (χ4n) is 4.51. The van der Waals surface area contributed by atoms with Crippen molar-refractivity contribution in [3.8, 4) is 0 Å². The molecule has 0 aliphatic carbocycles. The molecule has 1 amide bonds. The molecule has 0 unspecified atom stereocenters. The molecule has 1 spiro atoms. The number of carbonyl (C=O) groups is 1. The SMILES string of the molecule is Cc1c(CN2CCC3(CC2)C(=O)NCCN3C)[nH]c2c(C)cccc12. The average molecular weight is 340 g/mol. The van der Waals surface area contributed by atoms with Gasteiger partial charge in [0.05, 0.1) is 0 Å². The number of aromatic amines is 1. The summed E-state index contributed by atoms with van der Waals surface area (Å²) in [5.74, 6) is 0.221. The molecule has 2 aliphatic rings. The van der Waals surface area contributed by atoms with E-state index in [9.17, 15) is 4.79 Å². The van der Waals surface area contributed by atoms with Gasteiger partial charge < -0.3 is 10.3 Å². The van der Waals surface area contributed by atoms with Crippen LogP contribution in [-0.2, 0) is 11.3 Å². The van der Waals surface area contributed by atoms with E-state index in [4.69, 9.17) is 0 Å². The summed E-state index contributed by atoms with van der Waals surface area (Å²) in [5, 5.41) is 4.39. The number of carbonyl (C=O) groups excluding carboxylic acids is 1. The van der Waals surface area contributed by atoms with Gasteiger partial charge in [0.25, 0.3) is 0 Å². The molecule has 2 aliphatic heterocycles. The Morgan fingerprint density at radius 1 is 1.16 bits per heavy atom. The van der Waals surface area contributed by atoms with Crippen molar-refractivity contribution in [3.63, 3.8) is 0 Å². The van der Waals surface area contributed by atoms with Crippen molar-refractivity contribution in [2.75, 3.05) is 33.2 Å². The number of benzene rings is 1. The quantitative estimate of drug-likeness (QED) is 0.881. The number of fused-ring (bicyclic) bond motifs is 1.